The summed E-state index contributed by atoms with van der Waals surface area (Å²) in [4.78, 5) is 28.9. The largest absolute Gasteiger partial charge is 0.497 e. The molecule has 0 saturated carbocycles. The third-order valence-electron chi connectivity index (χ3n) is 6.07. The maximum atomic E-state index is 13.1. The number of methoxy groups -OCH3 is 2. The number of amides is 1. The Morgan fingerprint density at radius 2 is 1.62 bits per heavy atom. The normalized spacial score (nSPS) is 10.9. The van der Waals surface area contributed by atoms with Crippen molar-refractivity contribution in [3.05, 3.63) is 114 Å². The van der Waals surface area contributed by atoms with Crippen molar-refractivity contribution in [2.24, 2.45) is 5.10 Å². The van der Waals surface area contributed by atoms with E-state index in [-0.39, 0.29) is 11.7 Å². The summed E-state index contributed by atoms with van der Waals surface area (Å²) >= 11 is 0. The number of carbonyl (C=O) groups is 2. The lowest BCUT2D eigenvalue weighted by molar-refractivity contribution is 0.0729. The van der Waals surface area contributed by atoms with Crippen molar-refractivity contribution in [2.75, 3.05) is 14.2 Å². The second-order valence-electron chi connectivity index (χ2n) is 8.52. The highest BCUT2D eigenvalue weighted by atomic mass is 16.6. The van der Waals surface area contributed by atoms with E-state index >= 15 is 0 Å². The fourth-order valence-corrected chi connectivity index (χ4v) is 4.20. The van der Waals surface area contributed by atoms with Crippen LogP contribution in [-0.2, 0) is 0 Å². The molecule has 8 nitrogen and oxygen atoms in total. The molecule has 0 aliphatic rings. The van der Waals surface area contributed by atoms with Crippen molar-refractivity contribution in [3.8, 4) is 28.4 Å². The Morgan fingerprint density at radius 1 is 0.821 bits per heavy atom. The number of aromatic nitrogens is 1. The van der Waals surface area contributed by atoms with Gasteiger partial charge in [0.25, 0.3) is 5.91 Å². The summed E-state index contributed by atoms with van der Waals surface area (Å²) in [5.74, 6) is 0.208. The second kappa shape index (κ2) is 11.4. The zero-order chi connectivity index (χ0) is 27.2. The summed E-state index contributed by atoms with van der Waals surface area (Å²) in [6.07, 6.45) is 1.49. The zero-order valence-electron chi connectivity index (χ0n) is 21.3. The molecular weight excluding hydrogens is 494 g/mol. The molecule has 0 bridgehead atoms. The molecule has 194 valence electrons. The molecule has 2 N–H and O–H groups in total. The minimum Gasteiger partial charge on any atom is -0.497 e. The van der Waals surface area contributed by atoms with E-state index in [1.165, 1.54) is 20.4 Å². The maximum absolute atomic E-state index is 13.1. The second-order valence-corrected chi connectivity index (χ2v) is 8.52. The topological polar surface area (TPSA) is 102 Å². The number of esters is 1. The van der Waals surface area contributed by atoms with E-state index in [0.717, 1.165) is 22.0 Å². The van der Waals surface area contributed by atoms with Crippen LogP contribution in [0.4, 0.5) is 0 Å². The molecule has 0 unspecified atom stereocenters. The van der Waals surface area contributed by atoms with E-state index in [1.54, 1.807) is 42.5 Å². The van der Waals surface area contributed by atoms with Crippen molar-refractivity contribution in [3.63, 3.8) is 0 Å². The molecule has 1 heterocycles. The molecule has 0 fully saturated rings. The summed E-state index contributed by atoms with van der Waals surface area (Å²) in [5, 5.41) is 5.08. The monoisotopic (exact) mass is 519 g/mol. The standard InChI is InChI=1S/C31H25N3O5/c1-37-23-12-8-11-22(18-23)31(36)39-26-16-15-20(17-27(26)38-2)19-32-34-30(35)29-28(21-9-4-3-5-10-21)24-13-6-7-14-25(24)33-29/h3-19,33H,1-2H3,(H,34,35). The Balaban J connectivity index is 1.32. The molecule has 0 atom stereocenters. The molecule has 0 aliphatic carbocycles. The van der Waals surface area contributed by atoms with Crippen LogP contribution in [0, 0.1) is 0 Å². The number of nitrogens with zero attached hydrogens (tertiary/aromatic N) is 1. The van der Waals surface area contributed by atoms with E-state index in [1.807, 2.05) is 54.6 Å². The van der Waals surface area contributed by atoms with Crippen LogP contribution < -0.4 is 19.6 Å². The Kier molecular flexibility index (Phi) is 7.36. The van der Waals surface area contributed by atoms with Crippen LogP contribution in [0.3, 0.4) is 0 Å². The van der Waals surface area contributed by atoms with E-state index in [9.17, 15) is 9.59 Å². The Bertz CT molecular complexity index is 1670. The number of rotatable bonds is 8. The highest BCUT2D eigenvalue weighted by Crippen LogP contribution is 2.32. The smallest absolute Gasteiger partial charge is 0.343 e. The number of hydrogen-bond donors (Lipinski definition) is 2. The lowest BCUT2D eigenvalue weighted by Crippen LogP contribution is -2.18. The van der Waals surface area contributed by atoms with Crippen LogP contribution in [-0.4, -0.2) is 37.3 Å². The fraction of sp³-hybridized carbons (Fsp3) is 0.0645. The van der Waals surface area contributed by atoms with Gasteiger partial charge in [0.2, 0.25) is 0 Å². The van der Waals surface area contributed by atoms with Gasteiger partial charge in [0, 0.05) is 16.5 Å². The van der Waals surface area contributed by atoms with Crippen LogP contribution in [0.5, 0.6) is 17.2 Å². The van der Waals surface area contributed by atoms with Gasteiger partial charge in [-0.2, -0.15) is 5.10 Å². The number of fused-ring (bicyclic) bond motifs is 1. The molecule has 4 aromatic carbocycles. The average molecular weight is 520 g/mol. The van der Waals surface area contributed by atoms with E-state index in [0.29, 0.717) is 28.3 Å². The van der Waals surface area contributed by atoms with Gasteiger partial charge in [0.15, 0.2) is 11.5 Å². The van der Waals surface area contributed by atoms with Crippen LogP contribution in [0.25, 0.3) is 22.0 Å². The van der Waals surface area contributed by atoms with Gasteiger partial charge in [0.1, 0.15) is 11.4 Å². The van der Waals surface area contributed by atoms with Gasteiger partial charge < -0.3 is 19.2 Å². The Labute approximate surface area is 224 Å². The molecular formula is C31H25N3O5. The molecule has 1 aromatic heterocycles. The quantitative estimate of drug-likeness (QED) is 0.116. The summed E-state index contributed by atoms with van der Waals surface area (Å²) in [7, 11) is 3.00. The highest BCUT2D eigenvalue weighted by Gasteiger charge is 2.19. The van der Waals surface area contributed by atoms with E-state index in [2.05, 4.69) is 15.5 Å². The number of H-pyrrole nitrogens is 1. The number of nitrogens with one attached hydrogen (secondary N) is 2. The number of hydrazone groups is 1. The molecule has 0 spiro atoms. The lowest BCUT2D eigenvalue weighted by Gasteiger charge is -2.10. The zero-order valence-corrected chi connectivity index (χ0v) is 21.3. The summed E-state index contributed by atoms with van der Waals surface area (Å²) in [6, 6.07) is 29.1. The van der Waals surface area contributed by atoms with E-state index in [4.69, 9.17) is 14.2 Å². The number of para-hydroxylation sites is 1. The van der Waals surface area contributed by atoms with Crippen molar-refractivity contribution in [2.45, 2.75) is 0 Å². The minimum atomic E-state index is -0.548. The number of ether oxygens (including phenoxy) is 3. The van der Waals surface area contributed by atoms with Gasteiger partial charge in [-0.25, -0.2) is 10.2 Å². The Hall–Kier alpha value is -5.37. The molecule has 0 saturated heterocycles. The Morgan fingerprint density at radius 3 is 2.41 bits per heavy atom. The van der Waals surface area contributed by atoms with Crippen molar-refractivity contribution in [1.29, 1.82) is 0 Å². The molecule has 0 aliphatic heterocycles. The first-order valence-corrected chi connectivity index (χ1v) is 12.1. The average Bonchev–Trinajstić information content (AvgIpc) is 3.38. The van der Waals surface area contributed by atoms with Crippen LogP contribution in [0.2, 0.25) is 0 Å². The van der Waals surface area contributed by atoms with Gasteiger partial charge >= 0.3 is 5.97 Å². The summed E-state index contributed by atoms with van der Waals surface area (Å²) in [5.41, 5.74) is 6.57. The van der Waals surface area contributed by atoms with Crippen molar-refractivity contribution < 1.29 is 23.8 Å². The lowest BCUT2D eigenvalue weighted by atomic mass is 10.0. The van der Waals surface area contributed by atoms with Gasteiger partial charge in [0.05, 0.1) is 26.0 Å². The molecule has 0 radical (unpaired) electrons. The van der Waals surface area contributed by atoms with Gasteiger partial charge in [-0.1, -0.05) is 54.6 Å². The molecule has 1 amide bonds. The molecule has 39 heavy (non-hydrogen) atoms. The fourth-order valence-electron chi connectivity index (χ4n) is 4.20. The van der Waals surface area contributed by atoms with Crippen molar-refractivity contribution >= 4 is 29.0 Å². The first kappa shape index (κ1) is 25.3. The van der Waals surface area contributed by atoms with Crippen molar-refractivity contribution in [1.82, 2.24) is 10.4 Å². The SMILES string of the molecule is COc1cccc(C(=O)Oc2ccc(C=NNC(=O)c3[nH]c4ccccc4c3-c3ccccc3)cc2OC)c1. The third kappa shape index (κ3) is 5.50. The number of aromatic amines is 1. The van der Waals surface area contributed by atoms with Gasteiger partial charge in [-0.15, -0.1) is 0 Å². The summed E-state index contributed by atoms with van der Waals surface area (Å²) < 4.78 is 16.1. The maximum Gasteiger partial charge on any atom is 0.343 e. The van der Waals surface area contributed by atoms with Gasteiger partial charge in [-0.05, 0) is 53.6 Å². The molecule has 5 aromatic rings. The summed E-state index contributed by atoms with van der Waals surface area (Å²) in [6.45, 7) is 0. The van der Waals surface area contributed by atoms with Crippen LogP contribution >= 0.6 is 0 Å². The van der Waals surface area contributed by atoms with Crippen LogP contribution in [0.15, 0.2) is 102 Å². The predicted molar refractivity (Wildman–Crippen MR) is 150 cm³/mol. The minimum absolute atomic E-state index is 0.247. The number of benzene rings is 4. The first-order valence-electron chi connectivity index (χ1n) is 12.1. The first-order chi connectivity index (χ1) is 19.1. The third-order valence-corrected chi connectivity index (χ3v) is 6.07. The molecule has 5 rings (SSSR count). The van der Waals surface area contributed by atoms with Gasteiger partial charge in [-0.3, -0.25) is 4.79 Å². The molecule has 8 heteroatoms. The number of carbonyl (C=O) groups excluding carboxylic acids is 2. The van der Waals surface area contributed by atoms with E-state index < -0.39 is 5.97 Å². The highest BCUT2D eigenvalue weighted by molar-refractivity contribution is 6.09. The van der Waals surface area contributed by atoms with Crippen LogP contribution in [0.1, 0.15) is 26.4 Å². The number of hydrogen-bond acceptors (Lipinski definition) is 6. The predicted octanol–water partition coefficient (Wildman–Crippen LogP) is 5.84.